The Morgan fingerprint density at radius 2 is 1.55 bits per heavy atom. The van der Waals surface area contributed by atoms with E-state index in [9.17, 15) is 18.0 Å². The average molecular weight is 470 g/mol. The van der Waals surface area contributed by atoms with Crippen molar-refractivity contribution in [2.45, 2.75) is 31.8 Å². The number of rotatable bonds is 8. The van der Waals surface area contributed by atoms with E-state index in [2.05, 4.69) is 10.9 Å². The number of nitrogens with one attached hydrogen (secondary N) is 2. The molecule has 0 fully saturated rings. The highest BCUT2D eigenvalue weighted by Crippen LogP contribution is 2.21. The lowest BCUT2D eigenvalue weighted by Crippen LogP contribution is -2.47. The van der Waals surface area contributed by atoms with E-state index in [-0.39, 0.29) is 10.5 Å². The number of sulfonamides is 1. The molecular weight excluding hydrogens is 442 g/mol. The number of fused-ring (bicyclic) bond motifs is 1. The number of amides is 2. The Bertz CT molecular complexity index is 1240. The molecule has 1 atom stereocenters. The van der Waals surface area contributed by atoms with Crippen LogP contribution in [-0.2, 0) is 14.8 Å². The molecule has 0 aliphatic rings. The van der Waals surface area contributed by atoms with Crippen LogP contribution in [0.25, 0.3) is 10.8 Å². The van der Waals surface area contributed by atoms with E-state index in [1.54, 1.807) is 26.8 Å². The fourth-order valence-electron chi connectivity index (χ4n) is 3.28. The van der Waals surface area contributed by atoms with Crippen molar-refractivity contribution < 1.29 is 22.7 Å². The first-order valence-corrected chi connectivity index (χ1v) is 12.1. The summed E-state index contributed by atoms with van der Waals surface area (Å²) in [5.74, 6) is -0.571. The smallest absolute Gasteiger partial charge is 0.279 e. The predicted octanol–water partition coefficient (Wildman–Crippen LogP) is 3.10. The van der Waals surface area contributed by atoms with E-state index < -0.39 is 27.9 Å². The summed E-state index contributed by atoms with van der Waals surface area (Å²) in [5, 5.41) is 2.05. The zero-order valence-corrected chi connectivity index (χ0v) is 19.6. The number of carbonyl (C=O) groups excluding carboxylic acids is 2. The Morgan fingerprint density at radius 1 is 0.909 bits per heavy atom. The first kappa shape index (κ1) is 24.2. The number of hydrogen-bond donors (Lipinski definition) is 2. The highest BCUT2D eigenvalue weighted by atomic mass is 32.2. The van der Waals surface area contributed by atoms with Crippen LogP contribution in [0.2, 0.25) is 0 Å². The van der Waals surface area contributed by atoms with Gasteiger partial charge in [-0.1, -0.05) is 44.2 Å². The Morgan fingerprint density at radius 3 is 2.18 bits per heavy atom. The van der Waals surface area contributed by atoms with Gasteiger partial charge in [0.15, 0.2) is 6.10 Å². The van der Waals surface area contributed by atoms with Gasteiger partial charge >= 0.3 is 0 Å². The molecule has 0 saturated heterocycles. The number of carbonyl (C=O) groups is 2. The van der Waals surface area contributed by atoms with E-state index in [1.165, 1.54) is 28.6 Å². The Kier molecular flexibility index (Phi) is 7.67. The van der Waals surface area contributed by atoms with Crippen LogP contribution in [0.5, 0.6) is 5.75 Å². The van der Waals surface area contributed by atoms with Crippen molar-refractivity contribution in [3.8, 4) is 5.75 Å². The third-order valence-electron chi connectivity index (χ3n) is 5.16. The van der Waals surface area contributed by atoms with Gasteiger partial charge in [-0.05, 0) is 54.1 Å². The van der Waals surface area contributed by atoms with Crippen molar-refractivity contribution in [3.63, 3.8) is 0 Å². The molecule has 33 heavy (non-hydrogen) atoms. The second kappa shape index (κ2) is 10.5. The monoisotopic (exact) mass is 469 g/mol. The highest BCUT2D eigenvalue weighted by Gasteiger charge is 2.22. The quantitative estimate of drug-likeness (QED) is 0.493. The molecule has 9 heteroatoms. The SMILES string of the molecule is CCN(CC)S(=O)(=O)c1ccc(C(=O)NNC(=O)[C@H](C)Oc2ccc3ccccc3c2)cc1. The van der Waals surface area contributed by atoms with Crippen LogP contribution in [0.1, 0.15) is 31.1 Å². The van der Waals surface area contributed by atoms with E-state index in [0.717, 1.165) is 10.8 Å². The van der Waals surface area contributed by atoms with Crippen molar-refractivity contribution in [2.75, 3.05) is 13.1 Å². The minimum Gasteiger partial charge on any atom is -0.481 e. The maximum atomic E-state index is 12.5. The average Bonchev–Trinajstić information content (AvgIpc) is 2.82. The normalized spacial score (nSPS) is 12.4. The number of ether oxygens (including phenoxy) is 1. The van der Waals surface area contributed by atoms with Crippen LogP contribution in [0.4, 0.5) is 0 Å². The molecule has 0 heterocycles. The molecule has 174 valence electrons. The molecular formula is C24H27N3O5S. The van der Waals surface area contributed by atoms with Crippen LogP contribution in [0.3, 0.4) is 0 Å². The van der Waals surface area contributed by atoms with Gasteiger partial charge in [0.25, 0.3) is 11.8 Å². The van der Waals surface area contributed by atoms with Crippen molar-refractivity contribution in [1.29, 1.82) is 0 Å². The summed E-state index contributed by atoms with van der Waals surface area (Å²) >= 11 is 0. The molecule has 0 spiro atoms. The zero-order chi connectivity index (χ0) is 24.0. The van der Waals surface area contributed by atoms with E-state index in [0.29, 0.717) is 18.8 Å². The second-order valence-corrected chi connectivity index (χ2v) is 9.26. The molecule has 3 aromatic rings. The predicted molar refractivity (Wildman–Crippen MR) is 126 cm³/mol. The zero-order valence-electron chi connectivity index (χ0n) is 18.7. The minimum atomic E-state index is -3.61. The van der Waals surface area contributed by atoms with Gasteiger partial charge in [0.05, 0.1) is 4.90 Å². The maximum absolute atomic E-state index is 12.5. The third kappa shape index (κ3) is 5.68. The summed E-state index contributed by atoms with van der Waals surface area (Å²) < 4.78 is 32.1. The van der Waals surface area contributed by atoms with Gasteiger partial charge in [0.2, 0.25) is 10.0 Å². The van der Waals surface area contributed by atoms with Crippen LogP contribution in [0, 0.1) is 0 Å². The number of hydrazine groups is 1. The molecule has 0 aromatic heterocycles. The fraction of sp³-hybridized carbons (Fsp3) is 0.250. The van der Waals surface area contributed by atoms with E-state index >= 15 is 0 Å². The Hall–Kier alpha value is -3.43. The summed E-state index contributed by atoms with van der Waals surface area (Å²) in [7, 11) is -3.61. The minimum absolute atomic E-state index is 0.101. The lowest BCUT2D eigenvalue weighted by atomic mass is 10.1. The van der Waals surface area contributed by atoms with Gasteiger partial charge in [0.1, 0.15) is 5.75 Å². The first-order valence-electron chi connectivity index (χ1n) is 10.6. The molecule has 0 radical (unpaired) electrons. The summed E-state index contributed by atoms with van der Waals surface area (Å²) in [6.07, 6.45) is -0.854. The van der Waals surface area contributed by atoms with Gasteiger partial charge in [-0.3, -0.25) is 20.4 Å². The highest BCUT2D eigenvalue weighted by molar-refractivity contribution is 7.89. The lowest BCUT2D eigenvalue weighted by Gasteiger charge is -2.18. The second-order valence-electron chi connectivity index (χ2n) is 7.33. The standard InChI is InChI=1S/C24H27N3O5S/c1-4-27(5-2)33(30,31)22-14-11-19(12-15-22)24(29)26-25-23(28)17(3)32-21-13-10-18-8-6-7-9-20(18)16-21/h6-17H,4-5H2,1-3H3,(H,25,28)(H,26,29)/t17-/m0/s1. The number of hydrogen-bond acceptors (Lipinski definition) is 5. The molecule has 0 unspecified atom stereocenters. The van der Waals surface area contributed by atoms with Gasteiger partial charge in [0, 0.05) is 18.7 Å². The molecule has 3 rings (SSSR count). The van der Waals surface area contributed by atoms with Gasteiger partial charge in [-0.15, -0.1) is 0 Å². The molecule has 2 amide bonds. The van der Waals surface area contributed by atoms with Gasteiger partial charge in [-0.2, -0.15) is 4.31 Å². The third-order valence-corrected chi connectivity index (χ3v) is 7.23. The van der Waals surface area contributed by atoms with E-state index in [4.69, 9.17) is 4.74 Å². The van der Waals surface area contributed by atoms with Crippen LogP contribution in [0.15, 0.2) is 71.6 Å². The molecule has 2 N–H and O–H groups in total. The number of nitrogens with zero attached hydrogens (tertiary/aromatic N) is 1. The molecule has 0 saturated carbocycles. The topological polar surface area (TPSA) is 105 Å². The largest absolute Gasteiger partial charge is 0.481 e. The maximum Gasteiger partial charge on any atom is 0.279 e. The summed E-state index contributed by atoms with van der Waals surface area (Å²) in [6.45, 7) is 5.80. The van der Waals surface area contributed by atoms with E-state index in [1.807, 2.05) is 36.4 Å². The Balaban J connectivity index is 1.57. The van der Waals surface area contributed by atoms with Crippen LogP contribution < -0.4 is 15.6 Å². The molecule has 0 aliphatic heterocycles. The Labute approximate surface area is 193 Å². The summed E-state index contributed by atoms with van der Waals surface area (Å²) in [6, 6.07) is 18.8. The van der Waals surface area contributed by atoms with Gasteiger partial charge in [-0.25, -0.2) is 8.42 Å². The van der Waals surface area contributed by atoms with Crippen LogP contribution in [-0.4, -0.2) is 43.7 Å². The van der Waals surface area contributed by atoms with Crippen molar-refractivity contribution in [3.05, 3.63) is 72.3 Å². The molecule has 0 bridgehead atoms. The van der Waals surface area contributed by atoms with Crippen molar-refractivity contribution in [2.24, 2.45) is 0 Å². The molecule has 0 aliphatic carbocycles. The molecule has 3 aromatic carbocycles. The number of benzene rings is 3. The van der Waals surface area contributed by atoms with Crippen LogP contribution >= 0.6 is 0 Å². The summed E-state index contributed by atoms with van der Waals surface area (Å²) in [4.78, 5) is 24.8. The first-order chi connectivity index (χ1) is 15.8. The van der Waals surface area contributed by atoms with Crippen molar-refractivity contribution in [1.82, 2.24) is 15.2 Å². The van der Waals surface area contributed by atoms with Gasteiger partial charge < -0.3 is 4.74 Å². The fourth-order valence-corrected chi connectivity index (χ4v) is 4.74. The molecule has 8 nitrogen and oxygen atoms in total. The summed E-state index contributed by atoms with van der Waals surface area (Å²) in [5.41, 5.74) is 4.85. The lowest BCUT2D eigenvalue weighted by molar-refractivity contribution is -0.128. The van der Waals surface area contributed by atoms with Crippen molar-refractivity contribution >= 4 is 32.6 Å².